The van der Waals surface area contributed by atoms with Gasteiger partial charge in [-0.1, -0.05) is 13.0 Å². The van der Waals surface area contributed by atoms with E-state index >= 15 is 0 Å². The molecule has 19 heavy (non-hydrogen) atoms. The van der Waals surface area contributed by atoms with Gasteiger partial charge in [-0.05, 0) is 40.0 Å². The Bertz CT molecular complexity index is 554. The highest BCUT2D eigenvalue weighted by Crippen LogP contribution is 2.26. The van der Waals surface area contributed by atoms with Crippen LogP contribution in [0.2, 0.25) is 0 Å². The Hall–Kier alpha value is -1.33. The molecule has 1 aromatic carbocycles. The van der Waals surface area contributed by atoms with Crippen molar-refractivity contribution in [2.75, 3.05) is 7.11 Å². The highest BCUT2D eigenvalue weighted by Gasteiger charge is 2.08. The van der Waals surface area contributed by atoms with E-state index in [0.717, 1.165) is 21.3 Å². The molecule has 4 nitrogen and oxygen atoms in total. The van der Waals surface area contributed by atoms with Gasteiger partial charge in [0.25, 0.3) is 0 Å². The summed E-state index contributed by atoms with van der Waals surface area (Å²) in [5.74, 6) is 0.811. The summed E-state index contributed by atoms with van der Waals surface area (Å²) in [6.07, 6.45) is 3.86. The highest BCUT2D eigenvalue weighted by molar-refractivity contribution is 9.10. The second-order valence-electron chi connectivity index (χ2n) is 4.36. The molecule has 0 aliphatic carbocycles. The number of benzene rings is 1. The van der Waals surface area contributed by atoms with Crippen LogP contribution in [-0.4, -0.2) is 22.0 Å². The van der Waals surface area contributed by atoms with Crippen LogP contribution in [0.15, 0.2) is 35.1 Å². The van der Waals surface area contributed by atoms with E-state index in [4.69, 9.17) is 4.74 Å². The number of halogens is 1. The van der Waals surface area contributed by atoms with Crippen LogP contribution in [0.1, 0.15) is 30.6 Å². The normalized spacial score (nSPS) is 12.4. The quantitative estimate of drug-likeness (QED) is 0.919. The number of aliphatic hydroxyl groups excluding tert-OH is 1. The van der Waals surface area contributed by atoms with Gasteiger partial charge in [0.05, 0.1) is 30.4 Å². The maximum atomic E-state index is 9.74. The molecule has 1 N–H and O–H groups in total. The van der Waals surface area contributed by atoms with Gasteiger partial charge in [-0.25, -0.2) is 0 Å². The average Bonchev–Trinajstić information content (AvgIpc) is 2.86. The Kier molecular flexibility index (Phi) is 4.61. The lowest BCUT2D eigenvalue weighted by Gasteiger charge is -2.07. The number of hydrogen-bond donors (Lipinski definition) is 1. The zero-order chi connectivity index (χ0) is 13.8. The van der Waals surface area contributed by atoms with E-state index in [1.54, 1.807) is 13.3 Å². The van der Waals surface area contributed by atoms with Gasteiger partial charge in [-0.15, -0.1) is 0 Å². The van der Waals surface area contributed by atoms with Crippen LogP contribution in [-0.2, 0) is 6.54 Å². The molecule has 5 heteroatoms. The molecule has 0 radical (unpaired) electrons. The number of nitrogens with zero attached hydrogens (tertiary/aromatic N) is 2. The van der Waals surface area contributed by atoms with Crippen LogP contribution in [0.25, 0.3) is 0 Å². The van der Waals surface area contributed by atoms with Gasteiger partial charge in [0, 0.05) is 11.8 Å². The molecule has 0 fully saturated rings. The fraction of sp³-hybridized carbons (Fsp3) is 0.357. The summed E-state index contributed by atoms with van der Waals surface area (Å²) < 4.78 is 7.94. The minimum absolute atomic E-state index is 0.434. The number of aromatic nitrogens is 2. The van der Waals surface area contributed by atoms with Crippen molar-refractivity contribution in [3.05, 3.63) is 46.2 Å². The van der Waals surface area contributed by atoms with Crippen molar-refractivity contribution in [2.45, 2.75) is 26.0 Å². The third-order valence-electron chi connectivity index (χ3n) is 2.99. The second kappa shape index (κ2) is 6.21. The van der Waals surface area contributed by atoms with E-state index in [0.29, 0.717) is 13.0 Å². The molecule has 0 aliphatic rings. The average molecular weight is 325 g/mol. The molecule has 2 aromatic rings. The predicted molar refractivity (Wildman–Crippen MR) is 77.3 cm³/mol. The SMILES string of the molecule is CCC(O)c1cnn(Cc2ccc(OC)c(Br)c2)c1. The van der Waals surface area contributed by atoms with Crippen molar-refractivity contribution in [2.24, 2.45) is 0 Å². The van der Waals surface area contributed by atoms with E-state index in [1.807, 2.05) is 36.0 Å². The summed E-state index contributed by atoms with van der Waals surface area (Å²) >= 11 is 3.47. The van der Waals surface area contributed by atoms with E-state index in [2.05, 4.69) is 21.0 Å². The Morgan fingerprint density at radius 2 is 2.26 bits per heavy atom. The van der Waals surface area contributed by atoms with Crippen LogP contribution in [0.3, 0.4) is 0 Å². The van der Waals surface area contributed by atoms with Crippen molar-refractivity contribution in [3.63, 3.8) is 0 Å². The minimum atomic E-state index is -0.434. The summed E-state index contributed by atoms with van der Waals surface area (Å²) in [5, 5.41) is 14.0. The van der Waals surface area contributed by atoms with Crippen molar-refractivity contribution in [3.8, 4) is 5.75 Å². The lowest BCUT2D eigenvalue weighted by molar-refractivity contribution is 0.173. The van der Waals surface area contributed by atoms with Crippen LogP contribution in [0, 0.1) is 0 Å². The van der Waals surface area contributed by atoms with Gasteiger partial charge in [-0.3, -0.25) is 4.68 Å². The zero-order valence-corrected chi connectivity index (χ0v) is 12.6. The van der Waals surface area contributed by atoms with Crippen LogP contribution in [0.5, 0.6) is 5.75 Å². The summed E-state index contributed by atoms with van der Waals surface area (Å²) in [4.78, 5) is 0. The number of ether oxygens (including phenoxy) is 1. The van der Waals surface area contributed by atoms with Gasteiger partial charge in [-0.2, -0.15) is 5.10 Å². The fourth-order valence-corrected chi connectivity index (χ4v) is 2.46. The third kappa shape index (κ3) is 3.36. The molecule has 102 valence electrons. The molecule has 0 aliphatic heterocycles. The number of rotatable bonds is 5. The van der Waals surface area contributed by atoms with Gasteiger partial charge in [0.1, 0.15) is 5.75 Å². The topological polar surface area (TPSA) is 47.3 Å². The third-order valence-corrected chi connectivity index (χ3v) is 3.61. The summed E-state index contributed by atoms with van der Waals surface area (Å²) in [6.45, 7) is 2.61. The Morgan fingerprint density at radius 1 is 1.47 bits per heavy atom. The number of hydrogen-bond acceptors (Lipinski definition) is 3. The number of methoxy groups -OCH3 is 1. The Balaban J connectivity index is 2.12. The Morgan fingerprint density at radius 3 is 2.89 bits per heavy atom. The highest BCUT2D eigenvalue weighted by atomic mass is 79.9. The zero-order valence-electron chi connectivity index (χ0n) is 11.0. The summed E-state index contributed by atoms with van der Waals surface area (Å²) in [6, 6.07) is 5.93. The monoisotopic (exact) mass is 324 g/mol. The van der Waals surface area contributed by atoms with E-state index < -0.39 is 6.10 Å². The maximum Gasteiger partial charge on any atom is 0.133 e. The first-order chi connectivity index (χ1) is 9.13. The molecule has 1 heterocycles. The number of aliphatic hydroxyl groups is 1. The molecule has 0 spiro atoms. The van der Waals surface area contributed by atoms with Gasteiger partial charge < -0.3 is 9.84 Å². The molecule has 0 bridgehead atoms. The van der Waals surface area contributed by atoms with Crippen LogP contribution in [0.4, 0.5) is 0 Å². The lowest BCUT2D eigenvalue weighted by atomic mass is 10.1. The van der Waals surface area contributed by atoms with E-state index in [-0.39, 0.29) is 0 Å². The standard InChI is InChI=1S/C14H17BrN2O2/c1-3-13(18)11-7-16-17(9-11)8-10-4-5-14(19-2)12(15)6-10/h4-7,9,13,18H,3,8H2,1-2H3. The van der Waals surface area contributed by atoms with E-state index in [9.17, 15) is 5.11 Å². The molecule has 0 saturated carbocycles. The lowest BCUT2D eigenvalue weighted by Crippen LogP contribution is -2.00. The van der Waals surface area contributed by atoms with Gasteiger partial charge in [0.2, 0.25) is 0 Å². The molecular formula is C14H17BrN2O2. The smallest absolute Gasteiger partial charge is 0.133 e. The first kappa shape index (κ1) is 14.1. The molecule has 0 saturated heterocycles. The predicted octanol–water partition coefficient (Wildman–Crippen LogP) is 3.15. The van der Waals surface area contributed by atoms with Crippen molar-refractivity contribution in [1.82, 2.24) is 9.78 Å². The molecular weight excluding hydrogens is 308 g/mol. The first-order valence-corrected chi connectivity index (χ1v) is 6.96. The molecule has 0 amide bonds. The molecule has 1 aromatic heterocycles. The van der Waals surface area contributed by atoms with Crippen LogP contribution >= 0.6 is 15.9 Å². The largest absolute Gasteiger partial charge is 0.496 e. The van der Waals surface area contributed by atoms with Crippen molar-refractivity contribution < 1.29 is 9.84 Å². The minimum Gasteiger partial charge on any atom is -0.496 e. The summed E-state index contributed by atoms with van der Waals surface area (Å²) in [5.41, 5.74) is 1.98. The molecule has 1 atom stereocenters. The van der Waals surface area contributed by atoms with Crippen molar-refractivity contribution in [1.29, 1.82) is 0 Å². The maximum absolute atomic E-state index is 9.74. The Labute approximate surface area is 121 Å². The van der Waals surface area contributed by atoms with Crippen LogP contribution < -0.4 is 4.74 Å². The van der Waals surface area contributed by atoms with Gasteiger partial charge in [0.15, 0.2) is 0 Å². The van der Waals surface area contributed by atoms with Crippen molar-refractivity contribution >= 4 is 15.9 Å². The molecule has 2 rings (SSSR count). The summed E-state index contributed by atoms with van der Waals surface area (Å²) in [7, 11) is 1.64. The van der Waals surface area contributed by atoms with E-state index in [1.165, 1.54) is 0 Å². The first-order valence-electron chi connectivity index (χ1n) is 6.17. The second-order valence-corrected chi connectivity index (χ2v) is 5.22. The van der Waals surface area contributed by atoms with Gasteiger partial charge >= 0.3 is 0 Å². The molecule has 1 unspecified atom stereocenters. The fourth-order valence-electron chi connectivity index (χ4n) is 1.87.